The highest BCUT2D eigenvalue weighted by Crippen LogP contribution is 2.24. The van der Waals surface area contributed by atoms with Crippen molar-refractivity contribution in [3.63, 3.8) is 0 Å². The number of esters is 1. The Hall–Kier alpha value is -2.53. The molecular formula is C30H37BrN2O2. The molecule has 0 N–H and O–H groups in total. The monoisotopic (exact) mass is 536 g/mol. The Bertz CT molecular complexity index is 1050. The largest absolute Gasteiger partial charge is 0.423 e. The van der Waals surface area contributed by atoms with Gasteiger partial charge in [-0.1, -0.05) is 80.8 Å². The molecule has 0 atom stereocenters. The Morgan fingerprint density at radius 2 is 1.43 bits per heavy atom. The van der Waals surface area contributed by atoms with Crippen LogP contribution in [0.15, 0.2) is 59.3 Å². The van der Waals surface area contributed by atoms with Crippen molar-refractivity contribution in [2.45, 2.75) is 84.5 Å². The summed E-state index contributed by atoms with van der Waals surface area (Å²) < 4.78 is 6.55. The Morgan fingerprint density at radius 1 is 0.800 bits per heavy atom. The lowest BCUT2D eigenvalue weighted by Gasteiger charge is -2.09. The summed E-state index contributed by atoms with van der Waals surface area (Å²) in [4.78, 5) is 21.7. The SMILES string of the molecule is CCCCCCCc1cnc(-c2ccc(OC(=O)c3ccc(CCCCCC)c(Br)c3)cc2)nc1. The fourth-order valence-corrected chi connectivity index (χ4v) is 4.60. The van der Waals surface area contributed by atoms with Crippen molar-refractivity contribution >= 4 is 21.9 Å². The first kappa shape index (κ1) is 27.1. The number of benzene rings is 2. The quantitative estimate of drug-likeness (QED) is 0.117. The molecule has 0 saturated carbocycles. The zero-order valence-electron chi connectivity index (χ0n) is 21.1. The smallest absolute Gasteiger partial charge is 0.343 e. The van der Waals surface area contributed by atoms with Crippen molar-refractivity contribution in [2.75, 3.05) is 0 Å². The van der Waals surface area contributed by atoms with Crippen LogP contribution >= 0.6 is 15.9 Å². The molecule has 0 bridgehead atoms. The average Bonchev–Trinajstić information content (AvgIpc) is 2.88. The molecule has 1 aromatic heterocycles. The molecule has 35 heavy (non-hydrogen) atoms. The first-order chi connectivity index (χ1) is 17.1. The number of hydrogen-bond acceptors (Lipinski definition) is 4. The highest BCUT2D eigenvalue weighted by Gasteiger charge is 2.12. The van der Waals surface area contributed by atoms with Gasteiger partial charge in [0.15, 0.2) is 5.82 Å². The summed E-state index contributed by atoms with van der Waals surface area (Å²) in [6, 6.07) is 13.1. The number of rotatable bonds is 14. The molecule has 0 spiro atoms. The lowest BCUT2D eigenvalue weighted by molar-refractivity contribution is 0.0734. The molecule has 0 unspecified atom stereocenters. The summed E-state index contributed by atoms with van der Waals surface area (Å²) >= 11 is 3.61. The minimum absolute atomic E-state index is 0.365. The number of carbonyl (C=O) groups is 1. The fraction of sp³-hybridized carbons (Fsp3) is 0.433. The van der Waals surface area contributed by atoms with Crippen molar-refractivity contribution in [3.8, 4) is 17.1 Å². The van der Waals surface area contributed by atoms with Crippen LogP contribution in [-0.2, 0) is 12.8 Å². The third-order valence-corrected chi connectivity index (χ3v) is 6.92. The summed E-state index contributed by atoms with van der Waals surface area (Å²) in [6.07, 6.45) is 17.1. The van der Waals surface area contributed by atoms with E-state index >= 15 is 0 Å². The van der Waals surface area contributed by atoms with Crippen LogP contribution in [0.5, 0.6) is 5.75 Å². The van der Waals surface area contributed by atoms with E-state index in [1.54, 1.807) is 12.1 Å². The molecule has 0 amide bonds. The third-order valence-electron chi connectivity index (χ3n) is 6.19. The summed E-state index contributed by atoms with van der Waals surface area (Å²) in [5, 5.41) is 0. The van der Waals surface area contributed by atoms with Gasteiger partial charge in [0.2, 0.25) is 0 Å². The van der Waals surface area contributed by atoms with Crippen LogP contribution in [0.2, 0.25) is 0 Å². The van der Waals surface area contributed by atoms with Gasteiger partial charge in [-0.2, -0.15) is 0 Å². The van der Waals surface area contributed by atoms with Crippen LogP contribution in [0.1, 0.15) is 93.1 Å². The van der Waals surface area contributed by atoms with E-state index in [2.05, 4.69) is 39.7 Å². The minimum Gasteiger partial charge on any atom is -0.423 e. The third kappa shape index (κ3) is 8.88. The van der Waals surface area contributed by atoms with Gasteiger partial charge in [-0.15, -0.1) is 0 Å². The van der Waals surface area contributed by atoms with Crippen molar-refractivity contribution < 1.29 is 9.53 Å². The highest BCUT2D eigenvalue weighted by atomic mass is 79.9. The van der Waals surface area contributed by atoms with Crippen molar-refractivity contribution in [1.82, 2.24) is 9.97 Å². The van der Waals surface area contributed by atoms with Crippen LogP contribution in [-0.4, -0.2) is 15.9 Å². The Kier molecular flexibility index (Phi) is 11.4. The van der Waals surface area contributed by atoms with Crippen LogP contribution < -0.4 is 4.74 Å². The van der Waals surface area contributed by atoms with Crippen LogP contribution in [0, 0.1) is 0 Å². The van der Waals surface area contributed by atoms with E-state index in [4.69, 9.17) is 4.74 Å². The summed E-state index contributed by atoms with van der Waals surface area (Å²) in [7, 11) is 0. The van der Waals surface area contributed by atoms with Gasteiger partial charge in [-0.25, -0.2) is 14.8 Å². The van der Waals surface area contributed by atoms with Gasteiger partial charge in [0.25, 0.3) is 0 Å². The molecule has 0 aliphatic carbocycles. The van der Waals surface area contributed by atoms with Gasteiger partial charge in [0.1, 0.15) is 5.75 Å². The number of aromatic nitrogens is 2. The van der Waals surface area contributed by atoms with Gasteiger partial charge in [-0.05, 0) is 73.2 Å². The Morgan fingerprint density at radius 3 is 2.09 bits per heavy atom. The minimum atomic E-state index is -0.365. The van der Waals surface area contributed by atoms with E-state index in [0.29, 0.717) is 17.1 Å². The molecule has 0 fully saturated rings. The van der Waals surface area contributed by atoms with E-state index in [9.17, 15) is 4.79 Å². The fourth-order valence-electron chi connectivity index (χ4n) is 4.02. The van der Waals surface area contributed by atoms with E-state index in [1.807, 2.05) is 42.7 Å². The molecule has 2 aromatic carbocycles. The second kappa shape index (κ2) is 14.8. The van der Waals surface area contributed by atoms with Crippen LogP contribution in [0.3, 0.4) is 0 Å². The number of ether oxygens (including phenoxy) is 1. The van der Waals surface area contributed by atoms with Gasteiger partial charge in [0, 0.05) is 22.4 Å². The zero-order chi connectivity index (χ0) is 24.9. The molecule has 0 aliphatic rings. The van der Waals surface area contributed by atoms with Gasteiger partial charge >= 0.3 is 5.97 Å². The van der Waals surface area contributed by atoms with Gasteiger partial charge in [0.05, 0.1) is 5.56 Å². The summed E-state index contributed by atoms with van der Waals surface area (Å²) in [5.41, 5.74) is 3.83. The predicted octanol–water partition coefficient (Wildman–Crippen LogP) is 8.76. The van der Waals surface area contributed by atoms with Crippen molar-refractivity contribution in [1.29, 1.82) is 0 Å². The van der Waals surface area contributed by atoms with Crippen molar-refractivity contribution in [3.05, 3.63) is 76.0 Å². The standard InChI is InChI=1S/C30H37BrN2O2/c1-3-5-7-9-10-12-23-21-32-29(33-22-23)25-16-18-27(19-17-25)35-30(34)26-15-14-24(28(31)20-26)13-11-8-6-4-2/h14-22H,3-13H2,1-2H3. The van der Waals surface area contributed by atoms with E-state index in [1.165, 1.54) is 62.5 Å². The average molecular weight is 538 g/mol. The lowest BCUT2D eigenvalue weighted by atomic mass is 10.0. The number of halogens is 1. The van der Waals surface area contributed by atoms with Gasteiger partial charge in [-0.3, -0.25) is 0 Å². The maximum absolute atomic E-state index is 12.6. The molecule has 0 saturated heterocycles. The maximum Gasteiger partial charge on any atom is 0.343 e. The lowest BCUT2D eigenvalue weighted by Crippen LogP contribution is -2.08. The molecule has 186 valence electrons. The van der Waals surface area contributed by atoms with Crippen molar-refractivity contribution in [2.24, 2.45) is 0 Å². The predicted molar refractivity (Wildman–Crippen MR) is 147 cm³/mol. The second-order valence-corrected chi connectivity index (χ2v) is 9.96. The Labute approximate surface area is 218 Å². The first-order valence-corrected chi connectivity index (χ1v) is 13.8. The van der Waals surface area contributed by atoms with Gasteiger partial charge < -0.3 is 4.74 Å². The summed E-state index contributed by atoms with van der Waals surface area (Å²) in [5.74, 6) is 0.814. The van der Waals surface area contributed by atoms with Crippen LogP contribution in [0.25, 0.3) is 11.4 Å². The second-order valence-electron chi connectivity index (χ2n) is 9.11. The molecule has 4 nitrogen and oxygen atoms in total. The maximum atomic E-state index is 12.6. The molecule has 3 rings (SSSR count). The molecule has 0 radical (unpaired) electrons. The number of hydrogen-bond donors (Lipinski definition) is 0. The number of carbonyl (C=O) groups excluding carboxylic acids is 1. The summed E-state index contributed by atoms with van der Waals surface area (Å²) in [6.45, 7) is 4.45. The highest BCUT2D eigenvalue weighted by molar-refractivity contribution is 9.10. The first-order valence-electron chi connectivity index (χ1n) is 13.0. The van der Waals surface area contributed by atoms with Crippen LogP contribution in [0.4, 0.5) is 0 Å². The molecule has 1 heterocycles. The Balaban J connectivity index is 1.52. The molecule has 5 heteroatoms. The molecule has 3 aromatic rings. The van der Waals surface area contributed by atoms with E-state index < -0.39 is 0 Å². The van der Waals surface area contributed by atoms with E-state index in [-0.39, 0.29) is 5.97 Å². The number of unbranched alkanes of at least 4 members (excludes halogenated alkanes) is 7. The number of nitrogens with zero attached hydrogens (tertiary/aromatic N) is 2. The van der Waals surface area contributed by atoms with E-state index in [0.717, 1.165) is 29.3 Å². The molecular weight excluding hydrogens is 500 g/mol. The topological polar surface area (TPSA) is 52.1 Å². The molecule has 0 aliphatic heterocycles. The number of aryl methyl sites for hydroxylation is 2. The zero-order valence-corrected chi connectivity index (χ0v) is 22.6. The normalized spacial score (nSPS) is 10.9.